The lowest BCUT2D eigenvalue weighted by Crippen LogP contribution is -2.45. The molecule has 1 heterocycles. The number of nitrogens with zero attached hydrogens (tertiary/aromatic N) is 1. The minimum atomic E-state index is -0.0375. The van der Waals surface area contributed by atoms with Crippen LogP contribution in [0, 0.1) is 0 Å². The number of ether oxygens (including phenoxy) is 1. The number of hydrazine groups is 1. The Morgan fingerprint density at radius 2 is 1.60 bits per heavy atom. The van der Waals surface area contributed by atoms with Crippen molar-refractivity contribution in [3.8, 4) is 5.75 Å². The van der Waals surface area contributed by atoms with Gasteiger partial charge in [-0.3, -0.25) is 10.2 Å². The van der Waals surface area contributed by atoms with E-state index in [0.29, 0.717) is 12.2 Å². The molecule has 0 atom stereocenters. The standard InChI is InChI=1S/C21H26N2O2/c1-2-17-8-12-20(13-9-17)25-16-18-6-10-19(11-7-18)21(24)22-23-14-4-3-5-15-23/h6-13H,2-5,14-16H2,1H3,(H,22,24). The second kappa shape index (κ2) is 8.67. The summed E-state index contributed by atoms with van der Waals surface area (Å²) in [7, 11) is 0. The van der Waals surface area contributed by atoms with Crippen LogP contribution >= 0.6 is 0 Å². The number of piperidine rings is 1. The Hall–Kier alpha value is -2.33. The molecular formula is C21H26N2O2. The van der Waals surface area contributed by atoms with Crippen molar-refractivity contribution >= 4 is 5.91 Å². The van der Waals surface area contributed by atoms with E-state index in [4.69, 9.17) is 4.74 Å². The van der Waals surface area contributed by atoms with Crippen LogP contribution in [-0.2, 0) is 13.0 Å². The molecule has 0 radical (unpaired) electrons. The zero-order valence-corrected chi connectivity index (χ0v) is 14.8. The highest BCUT2D eigenvalue weighted by Gasteiger charge is 2.13. The monoisotopic (exact) mass is 338 g/mol. The molecule has 2 aromatic carbocycles. The van der Waals surface area contributed by atoms with Crippen molar-refractivity contribution in [1.82, 2.24) is 10.4 Å². The summed E-state index contributed by atoms with van der Waals surface area (Å²) in [6.07, 6.45) is 4.58. The summed E-state index contributed by atoms with van der Waals surface area (Å²) < 4.78 is 5.80. The third-order valence-corrected chi connectivity index (χ3v) is 4.57. The molecule has 4 nitrogen and oxygen atoms in total. The van der Waals surface area contributed by atoms with E-state index in [0.717, 1.165) is 43.7 Å². The normalized spacial score (nSPS) is 14.9. The molecule has 0 aliphatic carbocycles. The van der Waals surface area contributed by atoms with Crippen molar-refractivity contribution in [2.45, 2.75) is 39.2 Å². The number of hydrogen-bond acceptors (Lipinski definition) is 3. The van der Waals surface area contributed by atoms with Crippen LogP contribution in [0.1, 0.15) is 47.7 Å². The molecule has 0 bridgehead atoms. The molecule has 1 aliphatic rings. The highest BCUT2D eigenvalue weighted by molar-refractivity contribution is 5.93. The van der Waals surface area contributed by atoms with Gasteiger partial charge in [0.25, 0.3) is 5.91 Å². The highest BCUT2D eigenvalue weighted by atomic mass is 16.5. The molecule has 3 rings (SSSR count). The topological polar surface area (TPSA) is 41.6 Å². The van der Waals surface area contributed by atoms with Gasteiger partial charge >= 0.3 is 0 Å². The molecule has 0 aromatic heterocycles. The van der Waals surface area contributed by atoms with Gasteiger partial charge in [-0.1, -0.05) is 37.6 Å². The van der Waals surface area contributed by atoms with Gasteiger partial charge in [0, 0.05) is 18.7 Å². The van der Waals surface area contributed by atoms with Gasteiger partial charge in [0.15, 0.2) is 0 Å². The third-order valence-electron chi connectivity index (χ3n) is 4.57. The van der Waals surface area contributed by atoms with Gasteiger partial charge in [0.1, 0.15) is 12.4 Å². The molecule has 2 aromatic rings. The molecule has 1 N–H and O–H groups in total. The summed E-state index contributed by atoms with van der Waals surface area (Å²) in [4.78, 5) is 12.3. The van der Waals surface area contributed by atoms with Crippen LogP contribution in [-0.4, -0.2) is 24.0 Å². The molecule has 1 amide bonds. The zero-order chi connectivity index (χ0) is 17.5. The maximum Gasteiger partial charge on any atom is 0.265 e. The van der Waals surface area contributed by atoms with Crippen molar-refractivity contribution in [2.24, 2.45) is 0 Å². The minimum Gasteiger partial charge on any atom is -0.489 e. The van der Waals surface area contributed by atoms with E-state index in [1.807, 2.05) is 41.4 Å². The SMILES string of the molecule is CCc1ccc(OCc2ccc(C(=O)NN3CCCCC3)cc2)cc1. The molecule has 4 heteroatoms. The van der Waals surface area contributed by atoms with E-state index in [1.165, 1.54) is 12.0 Å². The Morgan fingerprint density at radius 1 is 0.960 bits per heavy atom. The smallest absolute Gasteiger partial charge is 0.265 e. The summed E-state index contributed by atoms with van der Waals surface area (Å²) in [6, 6.07) is 15.8. The number of benzene rings is 2. The van der Waals surface area contributed by atoms with Gasteiger partial charge in [-0.25, -0.2) is 5.01 Å². The fourth-order valence-electron chi connectivity index (χ4n) is 2.95. The van der Waals surface area contributed by atoms with Crippen LogP contribution in [0.3, 0.4) is 0 Å². The zero-order valence-electron chi connectivity index (χ0n) is 14.8. The number of nitrogens with one attached hydrogen (secondary N) is 1. The Labute approximate surface area is 149 Å². The lowest BCUT2D eigenvalue weighted by molar-refractivity contribution is 0.0750. The van der Waals surface area contributed by atoms with E-state index in [2.05, 4.69) is 24.5 Å². The predicted molar refractivity (Wildman–Crippen MR) is 99.5 cm³/mol. The van der Waals surface area contributed by atoms with Crippen LogP contribution in [0.25, 0.3) is 0 Å². The molecule has 1 aliphatic heterocycles. The van der Waals surface area contributed by atoms with Gasteiger partial charge in [0.05, 0.1) is 0 Å². The van der Waals surface area contributed by atoms with Crippen LogP contribution in [0.5, 0.6) is 5.75 Å². The maximum absolute atomic E-state index is 12.3. The molecular weight excluding hydrogens is 312 g/mol. The van der Waals surface area contributed by atoms with Gasteiger partial charge < -0.3 is 4.74 Å². The summed E-state index contributed by atoms with van der Waals surface area (Å²) in [5.41, 5.74) is 6.02. The first kappa shape index (κ1) is 17.5. The molecule has 0 spiro atoms. The highest BCUT2D eigenvalue weighted by Crippen LogP contribution is 2.15. The first-order valence-electron chi connectivity index (χ1n) is 9.11. The molecule has 0 unspecified atom stereocenters. The van der Waals surface area contributed by atoms with E-state index in [9.17, 15) is 4.79 Å². The van der Waals surface area contributed by atoms with Crippen molar-refractivity contribution in [3.05, 3.63) is 65.2 Å². The van der Waals surface area contributed by atoms with E-state index in [1.54, 1.807) is 0 Å². The summed E-state index contributed by atoms with van der Waals surface area (Å²) in [6.45, 7) is 4.52. The molecule has 132 valence electrons. The van der Waals surface area contributed by atoms with Gasteiger partial charge in [-0.05, 0) is 54.7 Å². The number of hydrogen-bond donors (Lipinski definition) is 1. The molecule has 1 fully saturated rings. The number of amides is 1. The number of carbonyl (C=O) groups excluding carboxylic acids is 1. The Bertz CT molecular complexity index is 674. The van der Waals surface area contributed by atoms with Crippen molar-refractivity contribution < 1.29 is 9.53 Å². The maximum atomic E-state index is 12.3. The number of rotatable bonds is 6. The van der Waals surface area contributed by atoms with Crippen LogP contribution in [0.2, 0.25) is 0 Å². The predicted octanol–water partition coefficient (Wildman–Crippen LogP) is 3.96. The van der Waals surface area contributed by atoms with Crippen LogP contribution < -0.4 is 10.2 Å². The van der Waals surface area contributed by atoms with Gasteiger partial charge in [-0.15, -0.1) is 0 Å². The first-order valence-corrected chi connectivity index (χ1v) is 9.11. The quantitative estimate of drug-likeness (QED) is 0.867. The minimum absolute atomic E-state index is 0.0375. The lowest BCUT2D eigenvalue weighted by atomic mass is 10.1. The average molecular weight is 338 g/mol. The van der Waals surface area contributed by atoms with Crippen molar-refractivity contribution in [3.63, 3.8) is 0 Å². The second-order valence-corrected chi connectivity index (χ2v) is 6.47. The lowest BCUT2D eigenvalue weighted by Gasteiger charge is -2.26. The third kappa shape index (κ3) is 5.07. The molecule has 25 heavy (non-hydrogen) atoms. The summed E-state index contributed by atoms with van der Waals surface area (Å²) in [5, 5.41) is 2.02. The van der Waals surface area contributed by atoms with Crippen molar-refractivity contribution in [1.29, 1.82) is 0 Å². The molecule has 0 saturated carbocycles. The van der Waals surface area contributed by atoms with Crippen LogP contribution in [0.4, 0.5) is 0 Å². The molecule has 1 saturated heterocycles. The van der Waals surface area contributed by atoms with Gasteiger partial charge in [0.2, 0.25) is 0 Å². The summed E-state index contributed by atoms with van der Waals surface area (Å²) in [5.74, 6) is 0.827. The van der Waals surface area contributed by atoms with Crippen molar-refractivity contribution in [2.75, 3.05) is 13.1 Å². The number of carbonyl (C=O) groups is 1. The van der Waals surface area contributed by atoms with E-state index < -0.39 is 0 Å². The second-order valence-electron chi connectivity index (χ2n) is 6.47. The Morgan fingerprint density at radius 3 is 2.24 bits per heavy atom. The summed E-state index contributed by atoms with van der Waals surface area (Å²) >= 11 is 0. The average Bonchev–Trinajstić information content (AvgIpc) is 2.68. The van der Waals surface area contributed by atoms with Gasteiger partial charge in [-0.2, -0.15) is 0 Å². The number of aryl methyl sites for hydroxylation is 1. The van der Waals surface area contributed by atoms with Crippen LogP contribution in [0.15, 0.2) is 48.5 Å². The fourth-order valence-corrected chi connectivity index (χ4v) is 2.95. The largest absolute Gasteiger partial charge is 0.489 e. The van der Waals surface area contributed by atoms with E-state index in [-0.39, 0.29) is 5.91 Å². The Kier molecular flexibility index (Phi) is 6.07. The fraction of sp³-hybridized carbons (Fsp3) is 0.381. The first-order chi connectivity index (χ1) is 12.2. The van der Waals surface area contributed by atoms with E-state index >= 15 is 0 Å². The Balaban J connectivity index is 1.51.